The van der Waals surface area contributed by atoms with Gasteiger partial charge in [0.15, 0.2) is 11.5 Å². The second-order valence-corrected chi connectivity index (χ2v) is 7.37. The molecule has 2 rings (SSSR count). The van der Waals surface area contributed by atoms with Gasteiger partial charge in [-0.05, 0) is 31.1 Å². The van der Waals surface area contributed by atoms with Gasteiger partial charge in [0, 0.05) is 13.0 Å². The number of ether oxygens (including phenoxy) is 1. The van der Waals surface area contributed by atoms with Crippen molar-refractivity contribution in [3.63, 3.8) is 0 Å². The van der Waals surface area contributed by atoms with E-state index in [0.717, 1.165) is 17.8 Å². The average Bonchev–Trinajstić information content (AvgIpc) is 2.68. The SMILES string of the molecule is COc1c(NC2CCC(C)(C)CC2)sc(C(C)=O)c1N. The molecule has 1 aliphatic rings. The fraction of sp³-hybridized carbons (Fsp3) is 0.667. The van der Waals surface area contributed by atoms with E-state index in [1.165, 1.54) is 31.1 Å². The molecule has 0 atom stereocenters. The van der Waals surface area contributed by atoms with Gasteiger partial charge >= 0.3 is 0 Å². The molecule has 1 aromatic rings. The molecule has 3 N–H and O–H groups in total. The van der Waals surface area contributed by atoms with Gasteiger partial charge in [0.1, 0.15) is 5.00 Å². The first-order valence-electron chi connectivity index (χ1n) is 7.08. The summed E-state index contributed by atoms with van der Waals surface area (Å²) in [5.41, 5.74) is 6.90. The number of hydrogen-bond donors (Lipinski definition) is 2. The lowest BCUT2D eigenvalue weighted by molar-refractivity contribution is 0.102. The highest BCUT2D eigenvalue weighted by Gasteiger charge is 2.28. The lowest BCUT2D eigenvalue weighted by Gasteiger charge is -2.34. The van der Waals surface area contributed by atoms with Crippen LogP contribution in [0.1, 0.15) is 56.1 Å². The molecule has 1 heterocycles. The van der Waals surface area contributed by atoms with Crippen LogP contribution in [0.25, 0.3) is 0 Å². The number of carbonyl (C=O) groups is 1. The van der Waals surface area contributed by atoms with Crippen LogP contribution in [0.4, 0.5) is 10.7 Å². The Balaban J connectivity index is 2.14. The minimum atomic E-state index is -0.0105. The minimum absolute atomic E-state index is 0.0105. The number of nitrogens with two attached hydrogens (primary N) is 1. The summed E-state index contributed by atoms with van der Waals surface area (Å²) in [7, 11) is 1.59. The maximum Gasteiger partial charge on any atom is 0.176 e. The van der Waals surface area contributed by atoms with Gasteiger partial charge < -0.3 is 15.8 Å². The monoisotopic (exact) mass is 296 g/mol. The van der Waals surface area contributed by atoms with Gasteiger partial charge in [-0.3, -0.25) is 4.79 Å². The zero-order valence-electron chi connectivity index (χ0n) is 12.7. The zero-order valence-corrected chi connectivity index (χ0v) is 13.5. The number of Topliss-reactive ketones (excluding diaryl/α,β-unsaturated/α-hetero) is 1. The van der Waals surface area contributed by atoms with Crippen LogP contribution in [0, 0.1) is 5.41 Å². The highest BCUT2D eigenvalue weighted by Crippen LogP contribution is 2.44. The predicted octanol–water partition coefficient (Wildman–Crippen LogP) is 3.92. The molecule has 4 nitrogen and oxygen atoms in total. The third kappa shape index (κ3) is 3.08. The summed E-state index contributed by atoms with van der Waals surface area (Å²) in [6.45, 7) is 6.18. The van der Waals surface area contributed by atoms with Crippen LogP contribution < -0.4 is 15.8 Å². The molecule has 1 fully saturated rings. The zero-order chi connectivity index (χ0) is 14.9. The molecule has 112 valence electrons. The third-order valence-corrected chi connectivity index (χ3v) is 5.32. The van der Waals surface area contributed by atoms with E-state index in [9.17, 15) is 4.79 Å². The van der Waals surface area contributed by atoms with Gasteiger partial charge in [-0.1, -0.05) is 13.8 Å². The Bertz CT molecular complexity index is 498. The summed E-state index contributed by atoms with van der Waals surface area (Å²) in [5.74, 6) is 0.605. The summed E-state index contributed by atoms with van der Waals surface area (Å²) in [6, 6.07) is 0.440. The number of anilines is 2. The minimum Gasteiger partial charge on any atom is -0.492 e. The molecular weight excluding hydrogens is 272 g/mol. The third-order valence-electron chi connectivity index (χ3n) is 4.10. The summed E-state index contributed by atoms with van der Waals surface area (Å²) in [4.78, 5) is 12.2. The number of rotatable bonds is 4. The average molecular weight is 296 g/mol. The largest absolute Gasteiger partial charge is 0.492 e. The van der Waals surface area contributed by atoms with Crippen LogP contribution in [0.5, 0.6) is 5.75 Å². The highest BCUT2D eigenvalue weighted by atomic mass is 32.1. The lowest BCUT2D eigenvalue weighted by atomic mass is 9.75. The van der Waals surface area contributed by atoms with Gasteiger partial charge in [0.25, 0.3) is 0 Å². The van der Waals surface area contributed by atoms with E-state index in [0.29, 0.717) is 27.8 Å². The summed E-state index contributed by atoms with van der Waals surface area (Å²) >= 11 is 1.40. The van der Waals surface area contributed by atoms with Crippen LogP contribution in [-0.2, 0) is 0 Å². The highest BCUT2D eigenvalue weighted by molar-refractivity contribution is 7.19. The normalized spacial score (nSPS) is 18.8. The number of ketones is 1. The molecule has 1 aromatic heterocycles. The van der Waals surface area contributed by atoms with Crippen molar-refractivity contribution in [2.24, 2.45) is 5.41 Å². The molecule has 20 heavy (non-hydrogen) atoms. The van der Waals surface area contributed by atoms with E-state index in [-0.39, 0.29) is 5.78 Å². The van der Waals surface area contributed by atoms with Gasteiger partial charge in [0.05, 0.1) is 17.7 Å². The molecule has 0 bridgehead atoms. The maximum absolute atomic E-state index is 11.6. The number of nitrogens with one attached hydrogen (secondary N) is 1. The first kappa shape index (κ1) is 15.2. The van der Waals surface area contributed by atoms with Gasteiger partial charge in [-0.25, -0.2) is 0 Å². The lowest BCUT2D eigenvalue weighted by Crippen LogP contribution is -2.29. The van der Waals surface area contributed by atoms with Gasteiger partial charge in [0.2, 0.25) is 0 Å². The maximum atomic E-state index is 11.6. The molecule has 0 aromatic carbocycles. The molecule has 0 spiro atoms. The molecule has 0 unspecified atom stereocenters. The van der Waals surface area contributed by atoms with Crippen molar-refractivity contribution in [3.8, 4) is 5.75 Å². The number of thiophene rings is 1. The molecule has 0 radical (unpaired) electrons. The van der Waals surface area contributed by atoms with Crippen molar-refractivity contribution in [3.05, 3.63) is 4.88 Å². The Morgan fingerprint density at radius 3 is 2.50 bits per heavy atom. The Hall–Kier alpha value is -1.23. The van der Waals surface area contributed by atoms with Crippen molar-refractivity contribution in [1.82, 2.24) is 0 Å². The van der Waals surface area contributed by atoms with E-state index in [1.807, 2.05) is 0 Å². The second kappa shape index (κ2) is 5.64. The van der Waals surface area contributed by atoms with E-state index in [4.69, 9.17) is 10.5 Å². The van der Waals surface area contributed by atoms with E-state index >= 15 is 0 Å². The standard InChI is InChI=1S/C15H24N2O2S/c1-9(18)13-11(16)12(19-4)14(20-13)17-10-5-7-15(2,3)8-6-10/h10,17H,5-8,16H2,1-4H3. The smallest absolute Gasteiger partial charge is 0.176 e. The quantitative estimate of drug-likeness (QED) is 0.826. The van der Waals surface area contributed by atoms with Crippen molar-refractivity contribution in [2.45, 2.75) is 52.5 Å². The Labute approximate surface area is 124 Å². The molecule has 0 aliphatic heterocycles. The van der Waals surface area contributed by atoms with Crippen molar-refractivity contribution >= 4 is 27.8 Å². The summed E-state index contributed by atoms with van der Waals surface area (Å²) in [5, 5.41) is 4.40. The fourth-order valence-corrected chi connectivity index (χ4v) is 3.78. The molecule has 1 saturated carbocycles. The summed E-state index contributed by atoms with van der Waals surface area (Å²) in [6.07, 6.45) is 4.72. The molecule has 1 aliphatic carbocycles. The Kier molecular flexibility index (Phi) is 4.28. The van der Waals surface area contributed by atoms with Crippen molar-refractivity contribution < 1.29 is 9.53 Å². The first-order chi connectivity index (χ1) is 9.34. The number of hydrogen-bond acceptors (Lipinski definition) is 5. The predicted molar refractivity (Wildman–Crippen MR) is 84.9 cm³/mol. The Morgan fingerprint density at radius 2 is 2.00 bits per heavy atom. The molecule has 0 amide bonds. The van der Waals surface area contributed by atoms with Crippen molar-refractivity contribution in [2.75, 3.05) is 18.2 Å². The van der Waals surface area contributed by atoms with Crippen LogP contribution in [0.15, 0.2) is 0 Å². The molecule has 5 heteroatoms. The van der Waals surface area contributed by atoms with E-state index < -0.39 is 0 Å². The molecular formula is C15H24N2O2S. The van der Waals surface area contributed by atoms with Crippen molar-refractivity contribution in [1.29, 1.82) is 0 Å². The topological polar surface area (TPSA) is 64.3 Å². The van der Waals surface area contributed by atoms with Crippen LogP contribution in [0.3, 0.4) is 0 Å². The second-order valence-electron chi connectivity index (χ2n) is 6.35. The van der Waals surface area contributed by atoms with Gasteiger partial charge in [-0.2, -0.15) is 0 Å². The fourth-order valence-electron chi connectivity index (χ4n) is 2.72. The Morgan fingerprint density at radius 1 is 1.40 bits per heavy atom. The number of nitrogen functional groups attached to an aromatic ring is 1. The first-order valence-corrected chi connectivity index (χ1v) is 7.89. The molecule has 0 saturated heterocycles. The number of methoxy groups -OCH3 is 1. The van der Waals surface area contributed by atoms with E-state index in [1.54, 1.807) is 7.11 Å². The van der Waals surface area contributed by atoms with Crippen LogP contribution in [-0.4, -0.2) is 18.9 Å². The van der Waals surface area contributed by atoms with Crippen LogP contribution in [0.2, 0.25) is 0 Å². The van der Waals surface area contributed by atoms with Crippen LogP contribution >= 0.6 is 11.3 Å². The van der Waals surface area contributed by atoms with Gasteiger partial charge in [-0.15, -0.1) is 11.3 Å². The number of carbonyl (C=O) groups excluding carboxylic acids is 1. The summed E-state index contributed by atoms with van der Waals surface area (Å²) < 4.78 is 5.36. The van der Waals surface area contributed by atoms with E-state index in [2.05, 4.69) is 19.2 Å².